The van der Waals surface area contributed by atoms with Crippen molar-refractivity contribution in [1.29, 1.82) is 0 Å². The van der Waals surface area contributed by atoms with Crippen molar-refractivity contribution < 1.29 is 14.3 Å². The van der Waals surface area contributed by atoms with Crippen molar-refractivity contribution in [2.45, 2.75) is 45.1 Å². The average Bonchev–Trinajstić information content (AvgIpc) is 2.98. The van der Waals surface area contributed by atoms with E-state index in [0.29, 0.717) is 17.0 Å². The number of benzene rings is 1. The zero-order valence-electron chi connectivity index (χ0n) is 14.0. The molecule has 1 saturated carbocycles. The number of aromatic nitrogens is 2. The number of nitrogens with zero attached hydrogens (tertiary/aromatic N) is 2. The maximum atomic E-state index is 12.4. The molecule has 2 aromatic rings. The summed E-state index contributed by atoms with van der Waals surface area (Å²) in [6.07, 6.45) is 7.01. The Morgan fingerprint density at radius 2 is 1.88 bits per heavy atom. The fraction of sp³-hybridized carbons (Fsp3) is 0.389. The molecule has 1 amide bonds. The topological polar surface area (TPSA) is 73.2 Å². The third-order valence-electron chi connectivity index (χ3n) is 4.24. The number of esters is 1. The van der Waals surface area contributed by atoms with Gasteiger partial charge in [0.05, 0.1) is 17.4 Å². The predicted octanol–water partition coefficient (Wildman–Crippen LogP) is 3.51. The van der Waals surface area contributed by atoms with Crippen molar-refractivity contribution in [2.24, 2.45) is 0 Å². The first-order valence-corrected chi connectivity index (χ1v) is 8.75. The summed E-state index contributed by atoms with van der Waals surface area (Å²) in [5, 5.41) is 7.50. The fourth-order valence-corrected chi connectivity index (χ4v) is 3.27. The maximum absolute atomic E-state index is 12.4. The van der Waals surface area contributed by atoms with Crippen molar-refractivity contribution in [3.8, 4) is 11.4 Å². The van der Waals surface area contributed by atoms with E-state index in [1.165, 1.54) is 24.2 Å². The number of amides is 1. The molecule has 1 fully saturated rings. The smallest absolute Gasteiger partial charge is 0.308 e. The molecule has 0 spiro atoms. The molecular weight excluding hydrogens is 342 g/mol. The van der Waals surface area contributed by atoms with E-state index < -0.39 is 0 Å². The number of hydrogen-bond donors (Lipinski definition) is 1. The minimum absolute atomic E-state index is 0.195. The molecule has 0 saturated heterocycles. The van der Waals surface area contributed by atoms with Crippen LogP contribution >= 0.6 is 11.6 Å². The van der Waals surface area contributed by atoms with E-state index in [1.807, 2.05) is 0 Å². The van der Waals surface area contributed by atoms with E-state index in [2.05, 4.69) is 10.4 Å². The quantitative estimate of drug-likeness (QED) is 0.668. The molecule has 1 aliphatic rings. The maximum Gasteiger partial charge on any atom is 0.308 e. The molecule has 0 bridgehead atoms. The Kier molecular flexibility index (Phi) is 5.38. The van der Waals surface area contributed by atoms with Crippen LogP contribution < -0.4 is 10.1 Å². The Morgan fingerprint density at radius 1 is 1.20 bits per heavy atom. The van der Waals surface area contributed by atoms with Crippen LogP contribution in [0, 0.1) is 0 Å². The number of carbonyl (C=O) groups is 2. The van der Waals surface area contributed by atoms with Gasteiger partial charge in [-0.3, -0.25) is 9.59 Å². The van der Waals surface area contributed by atoms with Gasteiger partial charge in [-0.2, -0.15) is 5.10 Å². The van der Waals surface area contributed by atoms with Gasteiger partial charge in [0.1, 0.15) is 10.9 Å². The SMILES string of the molecule is CC(=O)Oc1ccc(-n2ncc(C(=O)NC3CCCCC3)c2Cl)cc1. The molecule has 3 rings (SSSR count). The van der Waals surface area contributed by atoms with Gasteiger partial charge in [0.25, 0.3) is 5.91 Å². The standard InChI is InChI=1S/C18H20ClN3O3/c1-12(23)25-15-9-7-14(8-10-15)22-17(19)16(11-20-22)18(24)21-13-5-3-2-4-6-13/h7-11,13H,2-6H2,1H3,(H,21,24). The molecule has 7 heteroatoms. The first-order valence-electron chi connectivity index (χ1n) is 8.38. The lowest BCUT2D eigenvalue weighted by atomic mass is 9.95. The molecule has 0 atom stereocenters. The lowest BCUT2D eigenvalue weighted by molar-refractivity contribution is -0.131. The van der Waals surface area contributed by atoms with Crippen LogP contribution in [0.4, 0.5) is 0 Å². The zero-order chi connectivity index (χ0) is 17.8. The third kappa shape index (κ3) is 4.20. The van der Waals surface area contributed by atoms with Crippen LogP contribution in [0.15, 0.2) is 30.5 Å². The van der Waals surface area contributed by atoms with E-state index in [1.54, 1.807) is 24.3 Å². The summed E-state index contributed by atoms with van der Waals surface area (Å²) >= 11 is 6.35. The molecule has 0 aliphatic heterocycles. The molecule has 0 unspecified atom stereocenters. The molecule has 1 aromatic heterocycles. The Morgan fingerprint density at radius 3 is 2.52 bits per heavy atom. The van der Waals surface area contributed by atoms with Crippen molar-refractivity contribution in [3.05, 3.63) is 41.2 Å². The summed E-state index contributed by atoms with van der Waals surface area (Å²) < 4.78 is 6.48. The van der Waals surface area contributed by atoms with Crippen molar-refractivity contribution >= 4 is 23.5 Å². The highest BCUT2D eigenvalue weighted by molar-refractivity contribution is 6.33. The number of rotatable bonds is 4. The van der Waals surface area contributed by atoms with E-state index in [4.69, 9.17) is 16.3 Å². The highest BCUT2D eigenvalue weighted by atomic mass is 35.5. The summed E-state index contributed by atoms with van der Waals surface area (Å²) in [6.45, 7) is 1.34. The number of carbonyl (C=O) groups excluding carboxylic acids is 2. The van der Waals surface area contributed by atoms with Gasteiger partial charge >= 0.3 is 5.97 Å². The zero-order valence-corrected chi connectivity index (χ0v) is 14.8. The monoisotopic (exact) mass is 361 g/mol. The Hall–Kier alpha value is -2.34. The normalized spacial score (nSPS) is 15.0. The van der Waals surface area contributed by atoms with Crippen molar-refractivity contribution in [3.63, 3.8) is 0 Å². The minimum Gasteiger partial charge on any atom is -0.427 e. The Labute approximate surface area is 151 Å². The van der Waals surface area contributed by atoms with E-state index in [0.717, 1.165) is 25.7 Å². The van der Waals surface area contributed by atoms with E-state index >= 15 is 0 Å². The Balaban J connectivity index is 1.73. The van der Waals surface area contributed by atoms with Crippen LogP contribution in [-0.4, -0.2) is 27.7 Å². The van der Waals surface area contributed by atoms with Crippen LogP contribution in [-0.2, 0) is 4.79 Å². The van der Waals surface area contributed by atoms with Gasteiger partial charge in [-0.25, -0.2) is 4.68 Å². The predicted molar refractivity (Wildman–Crippen MR) is 94.2 cm³/mol. The van der Waals surface area contributed by atoms with Gasteiger partial charge in [-0.15, -0.1) is 0 Å². The van der Waals surface area contributed by atoms with Gasteiger partial charge in [-0.05, 0) is 37.1 Å². The van der Waals surface area contributed by atoms with Gasteiger partial charge in [-0.1, -0.05) is 30.9 Å². The summed E-state index contributed by atoms with van der Waals surface area (Å²) in [5.41, 5.74) is 1.04. The van der Waals surface area contributed by atoms with E-state index in [-0.39, 0.29) is 23.1 Å². The highest BCUT2D eigenvalue weighted by Gasteiger charge is 2.21. The molecule has 1 aromatic carbocycles. The summed E-state index contributed by atoms with van der Waals surface area (Å²) in [7, 11) is 0. The van der Waals surface area contributed by atoms with Crippen molar-refractivity contribution in [2.75, 3.05) is 0 Å². The number of nitrogens with one attached hydrogen (secondary N) is 1. The van der Waals surface area contributed by atoms with Crippen LogP contribution in [0.1, 0.15) is 49.4 Å². The van der Waals surface area contributed by atoms with Crippen LogP contribution in [0.25, 0.3) is 5.69 Å². The first-order chi connectivity index (χ1) is 12.0. The Bertz CT molecular complexity index is 764. The van der Waals surface area contributed by atoms with Gasteiger partial charge in [0.2, 0.25) is 0 Å². The third-order valence-corrected chi connectivity index (χ3v) is 4.60. The lowest BCUT2D eigenvalue weighted by Gasteiger charge is -2.22. The molecular formula is C18H20ClN3O3. The first kappa shape index (κ1) is 17.5. The summed E-state index contributed by atoms with van der Waals surface area (Å²) in [4.78, 5) is 23.4. The second-order valence-corrected chi connectivity index (χ2v) is 6.51. The molecule has 132 valence electrons. The van der Waals surface area contributed by atoms with Crippen molar-refractivity contribution in [1.82, 2.24) is 15.1 Å². The highest BCUT2D eigenvalue weighted by Crippen LogP contribution is 2.23. The fourth-order valence-electron chi connectivity index (χ4n) is 3.00. The average molecular weight is 362 g/mol. The number of hydrogen-bond acceptors (Lipinski definition) is 4. The number of halogens is 1. The summed E-state index contributed by atoms with van der Waals surface area (Å²) in [5.74, 6) is -0.138. The number of ether oxygens (including phenoxy) is 1. The summed E-state index contributed by atoms with van der Waals surface area (Å²) in [6, 6.07) is 6.95. The molecule has 6 nitrogen and oxygen atoms in total. The van der Waals surface area contributed by atoms with Crippen LogP contribution in [0.5, 0.6) is 5.75 Å². The van der Waals surface area contributed by atoms with Crippen LogP contribution in [0.2, 0.25) is 5.15 Å². The molecule has 25 heavy (non-hydrogen) atoms. The molecule has 0 radical (unpaired) electrons. The molecule has 1 heterocycles. The second-order valence-electron chi connectivity index (χ2n) is 6.16. The second kappa shape index (κ2) is 7.70. The largest absolute Gasteiger partial charge is 0.427 e. The van der Waals surface area contributed by atoms with Gasteiger partial charge in [0.15, 0.2) is 0 Å². The van der Waals surface area contributed by atoms with Gasteiger partial charge in [0, 0.05) is 13.0 Å². The van der Waals surface area contributed by atoms with Gasteiger partial charge < -0.3 is 10.1 Å². The van der Waals surface area contributed by atoms with Crippen LogP contribution in [0.3, 0.4) is 0 Å². The molecule has 1 aliphatic carbocycles. The van der Waals surface area contributed by atoms with E-state index in [9.17, 15) is 9.59 Å². The molecule has 1 N–H and O–H groups in total. The lowest BCUT2D eigenvalue weighted by Crippen LogP contribution is -2.36. The minimum atomic E-state index is -0.383.